The van der Waals surface area contributed by atoms with E-state index in [0.717, 1.165) is 34.5 Å². The van der Waals surface area contributed by atoms with E-state index in [2.05, 4.69) is 12.5 Å². The summed E-state index contributed by atoms with van der Waals surface area (Å²) in [4.78, 5) is 0. The Bertz CT molecular complexity index is 579. The van der Waals surface area contributed by atoms with Crippen LogP contribution in [0.1, 0.15) is 6.92 Å². The number of hydrogen-bond donors (Lipinski definition) is 2. The van der Waals surface area contributed by atoms with Crippen LogP contribution >= 0.6 is 47.0 Å². The lowest BCUT2D eigenvalue weighted by atomic mass is 10.3. The van der Waals surface area contributed by atoms with Crippen molar-refractivity contribution in [1.82, 2.24) is 0 Å². The monoisotopic (exact) mass is 526 g/mol. The summed E-state index contributed by atoms with van der Waals surface area (Å²) in [7, 11) is 0. The zero-order chi connectivity index (χ0) is 23.5. The second-order valence-electron chi connectivity index (χ2n) is 7.04. The van der Waals surface area contributed by atoms with E-state index in [0.29, 0.717) is 24.7 Å². The summed E-state index contributed by atoms with van der Waals surface area (Å²) in [5, 5.41) is 20.4. The SMILES string of the molecule is CSCCSCCOCC(O)COc1cccc(OCC(C)(O)OCCSCCSC)c1. The van der Waals surface area contributed by atoms with Crippen LogP contribution < -0.4 is 9.47 Å². The maximum Gasteiger partial charge on any atom is 0.197 e. The lowest BCUT2D eigenvalue weighted by Gasteiger charge is -2.24. The molecule has 0 saturated heterocycles. The Morgan fingerprint density at radius 2 is 1.50 bits per heavy atom. The van der Waals surface area contributed by atoms with Gasteiger partial charge in [-0.05, 0) is 31.6 Å². The summed E-state index contributed by atoms with van der Waals surface area (Å²) in [6.45, 7) is 3.08. The topological polar surface area (TPSA) is 77.4 Å². The van der Waals surface area contributed by atoms with E-state index in [1.165, 1.54) is 0 Å². The van der Waals surface area contributed by atoms with Crippen LogP contribution in [0.15, 0.2) is 24.3 Å². The predicted octanol–water partition coefficient (Wildman–Crippen LogP) is 3.74. The van der Waals surface area contributed by atoms with Gasteiger partial charge in [-0.25, -0.2) is 0 Å². The molecule has 0 saturated carbocycles. The van der Waals surface area contributed by atoms with E-state index in [-0.39, 0.29) is 19.8 Å². The van der Waals surface area contributed by atoms with Crippen molar-refractivity contribution in [2.75, 3.05) is 80.1 Å². The smallest absolute Gasteiger partial charge is 0.197 e. The third kappa shape index (κ3) is 16.6. The van der Waals surface area contributed by atoms with Crippen LogP contribution in [-0.4, -0.2) is 102 Å². The second kappa shape index (κ2) is 19.4. The molecule has 2 N–H and O–H groups in total. The van der Waals surface area contributed by atoms with Crippen LogP contribution in [-0.2, 0) is 9.47 Å². The van der Waals surface area contributed by atoms with E-state index < -0.39 is 11.9 Å². The normalized spacial score (nSPS) is 14.2. The molecule has 6 nitrogen and oxygen atoms in total. The first-order valence-corrected chi connectivity index (χ1v) is 15.7. The minimum Gasteiger partial charge on any atom is -0.491 e. The van der Waals surface area contributed by atoms with Gasteiger partial charge in [-0.1, -0.05) is 6.07 Å². The summed E-state index contributed by atoms with van der Waals surface area (Å²) in [6.07, 6.45) is 3.49. The molecule has 0 amide bonds. The molecule has 0 aliphatic rings. The summed E-state index contributed by atoms with van der Waals surface area (Å²) in [6, 6.07) is 7.11. The van der Waals surface area contributed by atoms with Gasteiger partial charge in [0.05, 0.1) is 19.8 Å². The van der Waals surface area contributed by atoms with Crippen molar-refractivity contribution in [3.8, 4) is 11.5 Å². The van der Waals surface area contributed by atoms with Crippen LogP contribution in [0.3, 0.4) is 0 Å². The molecule has 0 aliphatic heterocycles. The van der Waals surface area contributed by atoms with Crippen molar-refractivity contribution in [3.63, 3.8) is 0 Å². The highest BCUT2D eigenvalue weighted by Crippen LogP contribution is 2.21. The number of benzene rings is 1. The Balaban J connectivity index is 2.22. The Kier molecular flexibility index (Phi) is 18.2. The maximum atomic E-state index is 10.3. The van der Waals surface area contributed by atoms with Gasteiger partial charge in [-0.2, -0.15) is 47.0 Å². The average Bonchev–Trinajstić information content (AvgIpc) is 2.78. The molecule has 0 radical (unpaired) electrons. The standard InChI is InChI=1S/C22H38O6S4/c1-22(24,28-8-10-32-14-12-30-3)18-27-21-6-4-5-20(15-21)26-17-19(23)16-25-7-9-31-13-11-29-2/h4-6,15,19,23-24H,7-14,16-18H2,1-3H3. The van der Waals surface area contributed by atoms with Crippen molar-refractivity contribution in [2.24, 2.45) is 0 Å². The molecule has 2 unspecified atom stereocenters. The van der Waals surface area contributed by atoms with Gasteiger partial charge >= 0.3 is 0 Å². The predicted molar refractivity (Wildman–Crippen MR) is 142 cm³/mol. The van der Waals surface area contributed by atoms with Crippen LogP contribution in [0.25, 0.3) is 0 Å². The highest BCUT2D eigenvalue weighted by molar-refractivity contribution is 8.03. The van der Waals surface area contributed by atoms with E-state index >= 15 is 0 Å². The minimum atomic E-state index is -1.36. The van der Waals surface area contributed by atoms with Gasteiger partial charge in [0.25, 0.3) is 0 Å². The molecule has 1 rings (SSSR count). The Hall–Kier alpha value is 0.0600. The van der Waals surface area contributed by atoms with E-state index in [9.17, 15) is 10.2 Å². The number of rotatable bonds is 21. The van der Waals surface area contributed by atoms with Gasteiger partial charge in [-0.15, -0.1) is 0 Å². The number of ether oxygens (including phenoxy) is 4. The zero-order valence-electron chi connectivity index (χ0n) is 19.3. The molecule has 2 atom stereocenters. The maximum absolute atomic E-state index is 10.3. The van der Waals surface area contributed by atoms with Gasteiger partial charge in [0.1, 0.15) is 30.8 Å². The van der Waals surface area contributed by atoms with E-state index in [1.807, 2.05) is 35.3 Å². The Labute approximate surface area is 210 Å². The molecular formula is C22H38O6S4. The van der Waals surface area contributed by atoms with Crippen LogP contribution in [0.5, 0.6) is 11.5 Å². The van der Waals surface area contributed by atoms with Crippen molar-refractivity contribution in [3.05, 3.63) is 24.3 Å². The molecule has 0 fully saturated rings. The first kappa shape index (κ1) is 30.1. The lowest BCUT2D eigenvalue weighted by Crippen LogP contribution is -2.36. The van der Waals surface area contributed by atoms with Crippen molar-refractivity contribution < 1.29 is 29.2 Å². The van der Waals surface area contributed by atoms with Crippen LogP contribution in [0.4, 0.5) is 0 Å². The van der Waals surface area contributed by atoms with Crippen molar-refractivity contribution in [1.29, 1.82) is 0 Å². The second-order valence-corrected chi connectivity index (χ2v) is 11.5. The minimum absolute atomic E-state index is 0.0113. The van der Waals surface area contributed by atoms with E-state index in [4.69, 9.17) is 18.9 Å². The fourth-order valence-electron chi connectivity index (χ4n) is 2.30. The fraction of sp³-hybridized carbons (Fsp3) is 0.727. The quantitative estimate of drug-likeness (QED) is 0.183. The lowest BCUT2D eigenvalue weighted by molar-refractivity contribution is -0.202. The number of thioether (sulfide) groups is 4. The molecule has 32 heavy (non-hydrogen) atoms. The highest BCUT2D eigenvalue weighted by atomic mass is 32.2. The summed E-state index contributed by atoms with van der Waals surface area (Å²) >= 11 is 7.32. The van der Waals surface area contributed by atoms with Gasteiger partial charge in [0.2, 0.25) is 0 Å². The summed E-state index contributed by atoms with van der Waals surface area (Å²) in [5.41, 5.74) is 0. The molecule has 1 aromatic rings. The first-order valence-electron chi connectivity index (χ1n) is 10.6. The molecule has 0 aromatic heterocycles. The summed E-state index contributed by atoms with van der Waals surface area (Å²) in [5.74, 6) is 6.01. The van der Waals surface area contributed by atoms with Crippen molar-refractivity contribution >= 4 is 47.0 Å². The van der Waals surface area contributed by atoms with Gasteiger partial charge in [-0.3, -0.25) is 0 Å². The summed E-state index contributed by atoms with van der Waals surface area (Å²) < 4.78 is 22.4. The van der Waals surface area contributed by atoms with Crippen molar-refractivity contribution in [2.45, 2.75) is 18.8 Å². The molecule has 10 heteroatoms. The fourth-order valence-corrected chi connectivity index (χ4v) is 5.42. The third-order valence-corrected chi connectivity index (χ3v) is 7.58. The molecular weight excluding hydrogens is 489 g/mol. The largest absolute Gasteiger partial charge is 0.491 e. The number of aliphatic hydroxyl groups is 2. The zero-order valence-corrected chi connectivity index (χ0v) is 22.6. The average molecular weight is 527 g/mol. The molecule has 186 valence electrons. The highest BCUT2D eigenvalue weighted by Gasteiger charge is 2.22. The Morgan fingerprint density at radius 3 is 2.16 bits per heavy atom. The van der Waals surface area contributed by atoms with Gasteiger partial charge < -0.3 is 29.2 Å². The molecule has 1 aromatic carbocycles. The first-order chi connectivity index (χ1) is 15.5. The third-order valence-electron chi connectivity index (χ3n) is 3.94. The molecule has 0 aliphatic carbocycles. The molecule has 0 bridgehead atoms. The van der Waals surface area contributed by atoms with Crippen LogP contribution in [0, 0.1) is 0 Å². The molecule has 0 spiro atoms. The van der Waals surface area contributed by atoms with E-state index in [1.54, 1.807) is 43.0 Å². The molecule has 0 heterocycles. The Morgan fingerprint density at radius 1 is 0.875 bits per heavy atom. The van der Waals surface area contributed by atoms with Gasteiger partial charge in [0.15, 0.2) is 5.79 Å². The van der Waals surface area contributed by atoms with Crippen LogP contribution in [0.2, 0.25) is 0 Å². The number of hydrogen-bond acceptors (Lipinski definition) is 10. The van der Waals surface area contributed by atoms with Gasteiger partial charge in [0, 0.05) is 40.6 Å². The number of aliphatic hydroxyl groups excluding tert-OH is 1.